The number of allylic oxidation sites excluding steroid dienone is 2. The van der Waals surface area contributed by atoms with Crippen LogP contribution < -0.4 is 0 Å². The normalized spacial score (nSPS) is 24.3. The van der Waals surface area contributed by atoms with Gasteiger partial charge in [0.2, 0.25) is 11.5 Å². The number of Topliss-reactive ketones (excluding diaryl/α,β-unsaturated/α-hetero) is 2. The van der Waals surface area contributed by atoms with Crippen LogP contribution in [0.2, 0.25) is 0 Å². The lowest BCUT2D eigenvalue weighted by Crippen LogP contribution is -2.38. The number of aliphatic hydroxyl groups is 1. The third-order valence-electron chi connectivity index (χ3n) is 2.68. The van der Waals surface area contributed by atoms with Gasteiger partial charge in [-0.1, -0.05) is 0 Å². The minimum Gasteiger partial charge on any atom is -0.504 e. The van der Waals surface area contributed by atoms with E-state index >= 15 is 0 Å². The monoisotopic (exact) mass is 290 g/mol. The largest absolute Gasteiger partial charge is 0.504 e. The summed E-state index contributed by atoms with van der Waals surface area (Å²) in [6.45, 7) is 0. The molecule has 1 saturated carbocycles. The number of halogens is 6. The van der Waals surface area contributed by atoms with Crippen molar-refractivity contribution in [1.29, 1.82) is 0 Å². The summed E-state index contributed by atoms with van der Waals surface area (Å²) in [6, 6.07) is 0. The predicted octanol–water partition coefficient (Wildman–Crippen LogP) is 2.86. The minimum absolute atomic E-state index is 0.215. The molecule has 108 valence electrons. The SMILES string of the molecule is O=C1/C(=C(\O)C(F)(F)F)CCCC1C(=O)C(F)(F)F. The molecule has 1 unspecified atom stereocenters. The molecule has 9 heteroatoms. The summed E-state index contributed by atoms with van der Waals surface area (Å²) >= 11 is 0. The second kappa shape index (κ2) is 4.86. The summed E-state index contributed by atoms with van der Waals surface area (Å²) in [7, 11) is 0. The van der Waals surface area contributed by atoms with Gasteiger partial charge in [0, 0.05) is 5.57 Å². The molecule has 0 spiro atoms. The Morgan fingerprint density at radius 2 is 1.63 bits per heavy atom. The van der Waals surface area contributed by atoms with Crippen LogP contribution in [-0.4, -0.2) is 29.0 Å². The third-order valence-corrected chi connectivity index (χ3v) is 2.68. The van der Waals surface area contributed by atoms with E-state index in [0.29, 0.717) is 0 Å². The fraction of sp³-hybridized carbons (Fsp3) is 0.600. The highest BCUT2D eigenvalue weighted by Crippen LogP contribution is 2.36. The Morgan fingerprint density at radius 3 is 2.05 bits per heavy atom. The summed E-state index contributed by atoms with van der Waals surface area (Å²) in [5.41, 5.74) is -1.17. The van der Waals surface area contributed by atoms with Crippen molar-refractivity contribution < 1.29 is 41.0 Å². The van der Waals surface area contributed by atoms with E-state index in [1.807, 2.05) is 0 Å². The van der Waals surface area contributed by atoms with Crippen LogP contribution in [0.15, 0.2) is 11.3 Å². The molecule has 0 radical (unpaired) electrons. The van der Waals surface area contributed by atoms with E-state index in [0.717, 1.165) is 0 Å². The van der Waals surface area contributed by atoms with E-state index in [2.05, 4.69) is 0 Å². The molecule has 1 aliphatic carbocycles. The number of ketones is 2. The first-order chi connectivity index (χ1) is 8.46. The van der Waals surface area contributed by atoms with Crippen LogP contribution in [0.25, 0.3) is 0 Å². The lowest BCUT2D eigenvalue weighted by atomic mass is 9.81. The molecule has 0 aromatic rings. The van der Waals surface area contributed by atoms with Crippen LogP contribution >= 0.6 is 0 Å². The molecule has 0 heterocycles. The van der Waals surface area contributed by atoms with Crippen LogP contribution in [0.1, 0.15) is 19.3 Å². The second-order valence-electron chi connectivity index (χ2n) is 4.00. The Labute approximate surface area is 102 Å². The van der Waals surface area contributed by atoms with Gasteiger partial charge in [-0.2, -0.15) is 26.3 Å². The molecule has 0 aromatic carbocycles. The molecule has 1 N–H and O–H groups in total. The number of rotatable bonds is 1. The van der Waals surface area contributed by atoms with Gasteiger partial charge in [0.05, 0.1) is 5.92 Å². The number of carbonyl (C=O) groups is 2. The van der Waals surface area contributed by atoms with Gasteiger partial charge in [-0.15, -0.1) is 0 Å². The number of alkyl halides is 6. The maximum Gasteiger partial charge on any atom is 0.450 e. The Morgan fingerprint density at radius 1 is 1.11 bits per heavy atom. The lowest BCUT2D eigenvalue weighted by Gasteiger charge is -2.23. The smallest absolute Gasteiger partial charge is 0.450 e. The van der Waals surface area contributed by atoms with Crippen LogP contribution in [-0.2, 0) is 9.59 Å². The maximum atomic E-state index is 12.2. The summed E-state index contributed by atoms with van der Waals surface area (Å²) in [5, 5.41) is 8.82. The molecule has 0 aromatic heterocycles. The predicted molar refractivity (Wildman–Crippen MR) is 49.1 cm³/mol. The molecule has 1 atom stereocenters. The van der Waals surface area contributed by atoms with Gasteiger partial charge >= 0.3 is 12.4 Å². The molecule has 3 nitrogen and oxygen atoms in total. The molecule has 0 amide bonds. The van der Waals surface area contributed by atoms with Crippen molar-refractivity contribution in [3.8, 4) is 0 Å². The van der Waals surface area contributed by atoms with Crippen molar-refractivity contribution in [2.24, 2.45) is 5.92 Å². The molecule has 0 saturated heterocycles. The highest BCUT2D eigenvalue weighted by molar-refractivity contribution is 6.12. The zero-order valence-corrected chi connectivity index (χ0v) is 9.23. The molecule has 1 fully saturated rings. The van der Waals surface area contributed by atoms with Crippen LogP contribution in [0, 0.1) is 5.92 Å². The number of aliphatic hydroxyl groups excluding tert-OH is 1. The van der Waals surface area contributed by atoms with Crippen molar-refractivity contribution in [1.82, 2.24) is 0 Å². The quantitative estimate of drug-likeness (QED) is 0.350. The van der Waals surface area contributed by atoms with Crippen molar-refractivity contribution >= 4 is 11.6 Å². The molecule has 0 aliphatic heterocycles. The van der Waals surface area contributed by atoms with Gasteiger partial charge in [-0.05, 0) is 19.3 Å². The molecule has 19 heavy (non-hydrogen) atoms. The highest BCUT2D eigenvalue weighted by atomic mass is 19.4. The third kappa shape index (κ3) is 3.27. The molecule has 0 bridgehead atoms. The topological polar surface area (TPSA) is 54.4 Å². The van der Waals surface area contributed by atoms with Gasteiger partial charge in [0.25, 0.3) is 0 Å². The van der Waals surface area contributed by atoms with E-state index in [-0.39, 0.29) is 6.42 Å². The van der Waals surface area contributed by atoms with Gasteiger partial charge < -0.3 is 5.11 Å². The van der Waals surface area contributed by atoms with Crippen molar-refractivity contribution in [2.75, 3.05) is 0 Å². The first kappa shape index (κ1) is 15.5. The zero-order valence-electron chi connectivity index (χ0n) is 9.23. The Bertz CT molecular complexity index is 432. The van der Waals surface area contributed by atoms with E-state index in [4.69, 9.17) is 5.11 Å². The Kier molecular flexibility index (Phi) is 3.97. The number of hydrogen-bond donors (Lipinski definition) is 1. The minimum atomic E-state index is -5.30. The van der Waals surface area contributed by atoms with E-state index in [1.165, 1.54) is 0 Å². The fourth-order valence-electron chi connectivity index (χ4n) is 1.80. The van der Waals surface area contributed by atoms with Gasteiger partial charge in [-0.25, -0.2) is 0 Å². The maximum absolute atomic E-state index is 12.2. The molecular formula is C10H8F6O3. The average molecular weight is 290 g/mol. The summed E-state index contributed by atoms with van der Waals surface area (Å²) in [4.78, 5) is 22.4. The van der Waals surface area contributed by atoms with Crippen molar-refractivity contribution in [3.63, 3.8) is 0 Å². The highest BCUT2D eigenvalue weighted by Gasteiger charge is 2.49. The molecule has 1 rings (SSSR count). The number of carbonyl (C=O) groups excluding carboxylic acids is 2. The van der Waals surface area contributed by atoms with Crippen LogP contribution in [0.3, 0.4) is 0 Å². The van der Waals surface area contributed by atoms with Crippen molar-refractivity contribution in [3.05, 3.63) is 11.3 Å². The van der Waals surface area contributed by atoms with E-state index in [1.54, 1.807) is 0 Å². The molecule has 1 aliphatic rings. The summed E-state index contributed by atoms with van der Waals surface area (Å²) in [5.74, 6) is -8.42. The van der Waals surface area contributed by atoms with Crippen LogP contribution in [0.4, 0.5) is 26.3 Å². The van der Waals surface area contributed by atoms with Crippen LogP contribution in [0.5, 0.6) is 0 Å². The Hall–Kier alpha value is -1.54. The first-order valence-electron chi connectivity index (χ1n) is 5.10. The summed E-state index contributed by atoms with van der Waals surface area (Å²) < 4.78 is 73.1. The fourth-order valence-corrected chi connectivity index (χ4v) is 1.80. The van der Waals surface area contributed by atoms with Gasteiger partial charge in [0.15, 0.2) is 5.78 Å². The van der Waals surface area contributed by atoms with Gasteiger partial charge in [0.1, 0.15) is 0 Å². The Balaban J connectivity index is 3.11. The second-order valence-corrected chi connectivity index (χ2v) is 4.00. The average Bonchev–Trinajstić information content (AvgIpc) is 2.25. The summed E-state index contributed by atoms with van der Waals surface area (Å²) in [6.07, 6.45) is -11.7. The lowest BCUT2D eigenvalue weighted by molar-refractivity contribution is -0.177. The first-order valence-corrected chi connectivity index (χ1v) is 5.10. The molecular weight excluding hydrogens is 282 g/mol. The van der Waals surface area contributed by atoms with Gasteiger partial charge in [-0.3, -0.25) is 9.59 Å². The van der Waals surface area contributed by atoms with Crippen molar-refractivity contribution in [2.45, 2.75) is 31.6 Å². The zero-order chi connectivity index (χ0) is 15.0. The van der Waals surface area contributed by atoms with E-state index in [9.17, 15) is 35.9 Å². The van der Waals surface area contributed by atoms with E-state index < -0.39 is 54.0 Å². The standard InChI is InChI=1S/C10H8F6O3/c11-9(12,13)7(18)4-2-1-3-5(6(4)17)8(19)10(14,15)16/h4,19H,1-3H2/b8-5-. The number of hydrogen-bond acceptors (Lipinski definition) is 3.